The number of halogens is 1. The van der Waals surface area contributed by atoms with Crippen LogP contribution >= 0.6 is 0 Å². The Morgan fingerprint density at radius 2 is 1.90 bits per heavy atom. The zero-order valence-corrected chi connectivity index (χ0v) is 14.2. The minimum absolute atomic E-state index is 0. The summed E-state index contributed by atoms with van der Waals surface area (Å²) in [6.07, 6.45) is 0.426. The summed E-state index contributed by atoms with van der Waals surface area (Å²) in [7, 11) is 0. The molecule has 3 nitrogen and oxygen atoms in total. The predicted octanol–water partition coefficient (Wildman–Crippen LogP) is 0.676. The van der Waals surface area contributed by atoms with E-state index in [0.717, 1.165) is 0 Å². The van der Waals surface area contributed by atoms with E-state index in [2.05, 4.69) is 43.5 Å². The number of hydrogen-bond donors (Lipinski definition) is 0. The number of para-hydroxylation sites is 1. The Balaban J connectivity index is 0.00000200. The molecule has 0 saturated carbocycles. The molecule has 1 aromatic rings. The summed E-state index contributed by atoms with van der Waals surface area (Å²) in [5.74, 6) is -0.127. The average Bonchev–Trinajstić information content (AvgIpc) is 2.57. The summed E-state index contributed by atoms with van der Waals surface area (Å²) in [4.78, 5) is 11.5. The maximum atomic E-state index is 11.5. The number of hydrogen-bond acceptors (Lipinski definition) is 2. The second-order valence-electron chi connectivity index (χ2n) is 5.43. The van der Waals surface area contributed by atoms with Crippen molar-refractivity contribution in [3.05, 3.63) is 29.8 Å². The number of carbonyl (C=O) groups excluding carboxylic acids is 1. The molecule has 0 saturated heterocycles. The van der Waals surface area contributed by atoms with Gasteiger partial charge in [0.15, 0.2) is 12.3 Å². The monoisotopic (exact) mass is 355 g/mol. The van der Waals surface area contributed by atoms with Gasteiger partial charge in [-0.2, -0.15) is 4.58 Å². The molecule has 0 aromatic heterocycles. The zero-order valence-electron chi connectivity index (χ0n) is 12.6. The van der Waals surface area contributed by atoms with E-state index in [4.69, 9.17) is 4.74 Å². The van der Waals surface area contributed by atoms with Gasteiger partial charge in [0.2, 0.25) is 5.69 Å². The molecule has 2 rings (SSSR count). The van der Waals surface area contributed by atoms with Crippen LogP contribution in [0.2, 0.25) is 0 Å². The molecule has 0 spiro atoms. The van der Waals surface area contributed by atoms with Gasteiger partial charge in [-0.3, -0.25) is 4.79 Å². The highest BCUT2D eigenvalue weighted by molar-refractivity contribution is 5.93. The van der Waals surface area contributed by atoms with Crippen molar-refractivity contribution in [1.29, 1.82) is 0 Å². The Morgan fingerprint density at radius 1 is 1.29 bits per heavy atom. The van der Waals surface area contributed by atoms with Crippen molar-refractivity contribution in [2.45, 2.75) is 47.0 Å². The smallest absolute Gasteiger partial charge is 0.312 e. The lowest BCUT2D eigenvalue weighted by atomic mass is 9.82. The summed E-state index contributed by atoms with van der Waals surface area (Å²) in [6, 6.07) is 8.41. The van der Waals surface area contributed by atoms with Crippen LogP contribution in [-0.2, 0) is 14.9 Å². The molecule has 0 aliphatic carbocycles. The van der Waals surface area contributed by atoms with E-state index in [1.807, 2.05) is 13.0 Å². The Labute approximate surface area is 138 Å². The van der Waals surface area contributed by atoms with E-state index >= 15 is 0 Å². The topological polar surface area (TPSA) is 29.3 Å². The first kappa shape index (κ1) is 19.8. The molecule has 1 aromatic carbocycles. The highest BCUT2D eigenvalue weighted by atomic mass is 79.9. The first-order valence-electron chi connectivity index (χ1n) is 6.85. The van der Waals surface area contributed by atoms with Gasteiger partial charge in [0.1, 0.15) is 6.42 Å². The van der Waals surface area contributed by atoms with Crippen molar-refractivity contribution in [2.24, 2.45) is 0 Å². The Kier molecular flexibility index (Phi) is 7.31. The fourth-order valence-electron chi connectivity index (χ4n) is 2.67. The van der Waals surface area contributed by atoms with Crippen molar-refractivity contribution in [3.63, 3.8) is 0 Å². The van der Waals surface area contributed by atoms with E-state index < -0.39 is 0 Å². The number of fused-ring (bicyclic) bond motifs is 1. The van der Waals surface area contributed by atoms with Crippen molar-refractivity contribution >= 4 is 17.4 Å². The van der Waals surface area contributed by atoms with E-state index in [-0.39, 0.29) is 35.8 Å². The second-order valence-corrected chi connectivity index (χ2v) is 5.43. The standard InChI is InChI=1S/C16H22NO2.CH4.BrH/c1-5-19-15(18)10-11-17-12(2)16(3,4)13-8-6-7-9-14(13)17;;/h6-9H,5,10-11H2,1-4H3;1H4;1H/q+1;;/p-1. The molecule has 1 aliphatic heterocycles. The third-order valence-electron chi connectivity index (χ3n) is 4.02. The van der Waals surface area contributed by atoms with Crippen molar-refractivity contribution in [1.82, 2.24) is 0 Å². The minimum Gasteiger partial charge on any atom is -1.00 e. The van der Waals surface area contributed by atoms with Crippen molar-refractivity contribution in [3.8, 4) is 0 Å². The average molecular weight is 356 g/mol. The molecule has 0 bridgehead atoms. The molecule has 0 radical (unpaired) electrons. The van der Waals surface area contributed by atoms with E-state index in [0.29, 0.717) is 19.6 Å². The van der Waals surface area contributed by atoms with Crippen LogP contribution in [0.15, 0.2) is 24.3 Å². The summed E-state index contributed by atoms with van der Waals surface area (Å²) < 4.78 is 7.24. The van der Waals surface area contributed by atoms with Gasteiger partial charge in [-0.1, -0.05) is 25.6 Å². The van der Waals surface area contributed by atoms with Crippen molar-refractivity contribution in [2.75, 3.05) is 13.2 Å². The molecule has 118 valence electrons. The normalized spacial score (nSPS) is 14.9. The first-order chi connectivity index (χ1) is 8.98. The van der Waals surface area contributed by atoms with Crippen LogP contribution in [-0.4, -0.2) is 29.4 Å². The van der Waals surface area contributed by atoms with Gasteiger partial charge in [-0.15, -0.1) is 0 Å². The summed E-state index contributed by atoms with van der Waals surface area (Å²) in [6.45, 7) is 9.57. The lowest BCUT2D eigenvalue weighted by Gasteiger charge is -2.14. The third kappa shape index (κ3) is 3.73. The van der Waals surface area contributed by atoms with Crippen LogP contribution in [0.5, 0.6) is 0 Å². The number of nitrogens with zero attached hydrogens (tertiary/aromatic N) is 1. The summed E-state index contributed by atoms with van der Waals surface area (Å²) >= 11 is 0. The molecule has 0 fully saturated rings. The van der Waals surface area contributed by atoms with Gasteiger partial charge in [0.05, 0.1) is 12.0 Å². The van der Waals surface area contributed by atoms with Crippen LogP contribution in [0.4, 0.5) is 5.69 Å². The fraction of sp³-hybridized carbons (Fsp3) is 0.529. The van der Waals surface area contributed by atoms with Crippen LogP contribution in [0.3, 0.4) is 0 Å². The predicted molar refractivity (Wildman–Crippen MR) is 82.9 cm³/mol. The van der Waals surface area contributed by atoms with Gasteiger partial charge in [-0.25, -0.2) is 0 Å². The maximum Gasteiger partial charge on any atom is 0.312 e. The molecule has 0 amide bonds. The number of esters is 1. The molecule has 0 N–H and O–H groups in total. The molecule has 0 atom stereocenters. The van der Waals surface area contributed by atoms with Gasteiger partial charge in [-0.05, 0) is 20.8 Å². The van der Waals surface area contributed by atoms with Crippen molar-refractivity contribution < 1.29 is 31.1 Å². The lowest BCUT2D eigenvalue weighted by Crippen LogP contribution is -3.00. The summed E-state index contributed by atoms with van der Waals surface area (Å²) in [5.41, 5.74) is 3.87. The molecular weight excluding hydrogens is 330 g/mol. The fourth-order valence-corrected chi connectivity index (χ4v) is 2.67. The second kappa shape index (κ2) is 7.74. The number of ether oxygens (including phenoxy) is 1. The highest BCUT2D eigenvalue weighted by Gasteiger charge is 2.42. The number of rotatable bonds is 4. The molecule has 1 heterocycles. The molecular formula is C17H26BrNO2. The van der Waals surface area contributed by atoms with Crippen LogP contribution in [0.25, 0.3) is 0 Å². The zero-order chi connectivity index (χ0) is 14.0. The molecule has 4 heteroatoms. The quantitative estimate of drug-likeness (QED) is 0.587. The molecule has 0 unspecified atom stereocenters. The van der Waals surface area contributed by atoms with Crippen LogP contribution < -0.4 is 17.0 Å². The van der Waals surface area contributed by atoms with Crippen LogP contribution in [0.1, 0.15) is 47.1 Å². The van der Waals surface area contributed by atoms with Gasteiger partial charge < -0.3 is 21.7 Å². The van der Waals surface area contributed by atoms with E-state index in [1.165, 1.54) is 17.0 Å². The highest BCUT2D eigenvalue weighted by Crippen LogP contribution is 2.39. The number of benzene rings is 1. The maximum absolute atomic E-state index is 11.5. The minimum atomic E-state index is -0.127. The van der Waals surface area contributed by atoms with Crippen LogP contribution in [0, 0.1) is 0 Å². The van der Waals surface area contributed by atoms with E-state index in [1.54, 1.807) is 0 Å². The third-order valence-corrected chi connectivity index (χ3v) is 4.02. The molecule has 21 heavy (non-hydrogen) atoms. The number of carbonyl (C=O) groups is 1. The lowest BCUT2D eigenvalue weighted by molar-refractivity contribution is -0.438. The Hall–Kier alpha value is -1.16. The first-order valence-corrected chi connectivity index (χ1v) is 6.85. The molecule has 1 aliphatic rings. The SMILES string of the molecule is C.CCOC(=O)CC[N+]1=C(C)C(C)(C)c2ccccc21.[Br-]. The largest absolute Gasteiger partial charge is 1.00 e. The van der Waals surface area contributed by atoms with Gasteiger partial charge in [0, 0.05) is 18.6 Å². The Bertz CT molecular complexity index is 535. The van der Waals surface area contributed by atoms with E-state index in [9.17, 15) is 4.79 Å². The van der Waals surface area contributed by atoms with Gasteiger partial charge in [0.25, 0.3) is 0 Å². The summed E-state index contributed by atoms with van der Waals surface area (Å²) in [5, 5.41) is 0. The Morgan fingerprint density at radius 3 is 2.52 bits per heavy atom. The van der Waals surface area contributed by atoms with Gasteiger partial charge >= 0.3 is 5.97 Å².